The number of benzene rings is 1. The minimum atomic E-state index is -3.97. The molecule has 1 aromatic carbocycles. The number of esters is 1. The van der Waals surface area contributed by atoms with Crippen molar-refractivity contribution < 1.29 is 37.0 Å². The van der Waals surface area contributed by atoms with Crippen LogP contribution in [0.2, 0.25) is 0 Å². The standard InChI is InChI=1S/C22H30N2O8S/c1-14-12-23(13-15(2)31-14)21(25)16(3)32-22(26)18-5-4-8-24(18)33(27,28)17-6-7-19-20(11-17)30-10-9-29-19/h6-7,11,14-16,18H,4-5,8-10,12-13H2,1-3H3/t14-,15-,16+,18+/m1/s1. The van der Waals surface area contributed by atoms with Crippen LogP contribution in [-0.2, 0) is 29.1 Å². The zero-order chi connectivity index (χ0) is 23.8. The molecule has 0 aliphatic carbocycles. The molecule has 10 nitrogen and oxygen atoms in total. The second-order valence-electron chi connectivity index (χ2n) is 8.66. The number of carbonyl (C=O) groups is 2. The second-order valence-corrected chi connectivity index (χ2v) is 10.5. The Morgan fingerprint density at radius 1 is 1.09 bits per heavy atom. The summed E-state index contributed by atoms with van der Waals surface area (Å²) in [5.41, 5.74) is 0. The van der Waals surface area contributed by atoms with Crippen LogP contribution >= 0.6 is 0 Å². The number of ether oxygens (including phenoxy) is 4. The van der Waals surface area contributed by atoms with Crippen molar-refractivity contribution >= 4 is 21.9 Å². The van der Waals surface area contributed by atoms with Crippen molar-refractivity contribution in [1.82, 2.24) is 9.21 Å². The first-order valence-corrected chi connectivity index (χ1v) is 12.7. The van der Waals surface area contributed by atoms with Crippen LogP contribution in [0.1, 0.15) is 33.6 Å². The van der Waals surface area contributed by atoms with Gasteiger partial charge in [0.2, 0.25) is 10.0 Å². The largest absolute Gasteiger partial charge is 0.486 e. The van der Waals surface area contributed by atoms with E-state index in [9.17, 15) is 18.0 Å². The Bertz CT molecular complexity index is 1000. The van der Waals surface area contributed by atoms with Gasteiger partial charge in [-0.1, -0.05) is 0 Å². The maximum atomic E-state index is 13.3. The van der Waals surface area contributed by atoms with E-state index >= 15 is 0 Å². The summed E-state index contributed by atoms with van der Waals surface area (Å²) in [5.74, 6) is -0.195. The number of morpholine rings is 1. The molecular weight excluding hydrogens is 452 g/mol. The molecule has 1 aromatic rings. The predicted octanol–water partition coefficient (Wildman–Crippen LogP) is 1.18. The first-order chi connectivity index (χ1) is 15.7. The fourth-order valence-corrected chi connectivity index (χ4v) is 6.16. The molecule has 0 radical (unpaired) electrons. The van der Waals surface area contributed by atoms with Gasteiger partial charge in [0.05, 0.1) is 17.1 Å². The summed E-state index contributed by atoms with van der Waals surface area (Å²) in [6, 6.07) is 3.42. The Kier molecular flexibility index (Phi) is 6.83. The molecule has 0 N–H and O–H groups in total. The third kappa shape index (κ3) is 4.95. The van der Waals surface area contributed by atoms with Crippen molar-refractivity contribution in [3.05, 3.63) is 18.2 Å². The maximum absolute atomic E-state index is 13.3. The molecule has 0 spiro atoms. The Hall–Kier alpha value is -2.37. The molecule has 3 aliphatic rings. The van der Waals surface area contributed by atoms with Crippen LogP contribution in [0, 0.1) is 0 Å². The first kappa shape index (κ1) is 23.8. The van der Waals surface area contributed by atoms with Gasteiger partial charge in [0.1, 0.15) is 19.3 Å². The molecule has 4 atom stereocenters. The van der Waals surface area contributed by atoms with Crippen molar-refractivity contribution in [3.63, 3.8) is 0 Å². The van der Waals surface area contributed by atoms with Crippen LogP contribution in [0.4, 0.5) is 0 Å². The highest BCUT2D eigenvalue weighted by molar-refractivity contribution is 7.89. The van der Waals surface area contributed by atoms with Crippen molar-refractivity contribution in [2.75, 3.05) is 32.8 Å². The topological polar surface area (TPSA) is 112 Å². The third-order valence-electron chi connectivity index (χ3n) is 5.97. The van der Waals surface area contributed by atoms with Gasteiger partial charge in [-0.25, -0.2) is 8.42 Å². The summed E-state index contributed by atoms with van der Waals surface area (Å²) in [6.07, 6.45) is -0.391. The molecule has 0 bridgehead atoms. The average molecular weight is 483 g/mol. The minimum absolute atomic E-state index is 0.0202. The Morgan fingerprint density at radius 3 is 2.45 bits per heavy atom. The van der Waals surface area contributed by atoms with Crippen LogP contribution in [-0.4, -0.2) is 86.7 Å². The van der Waals surface area contributed by atoms with Gasteiger partial charge >= 0.3 is 5.97 Å². The molecule has 0 unspecified atom stereocenters. The molecule has 0 aromatic heterocycles. The molecule has 2 fully saturated rings. The third-order valence-corrected chi connectivity index (χ3v) is 7.87. The SMILES string of the molecule is C[C@@H]1CN(C(=O)[C@H](C)OC(=O)[C@@H]2CCCN2S(=O)(=O)c2ccc3c(c2)OCCO3)C[C@@H](C)O1. The minimum Gasteiger partial charge on any atom is -0.486 e. The van der Waals surface area contributed by atoms with Crippen molar-refractivity contribution in [2.45, 2.75) is 62.9 Å². The van der Waals surface area contributed by atoms with E-state index in [1.54, 1.807) is 11.0 Å². The van der Waals surface area contributed by atoms with Crippen molar-refractivity contribution in [3.8, 4) is 11.5 Å². The van der Waals surface area contributed by atoms with E-state index in [0.29, 0.717) is 50.6 Å². The van der Waals surface area contributed by atoms with E-state index in [1.807, 2.05) is 13.8 Å². The zero-order valence-corrected chi connectivity index (χ0v) is 19.9. The molecule has 1 amide bonds. The van der Waals surface area contributed by atoms with E-state index < -0.39 is 28.1 Å². The van der Waals surface area contributed by atoms with Gasteiger partial charge in [-0.05, 0) is 45.7 Å². The highest BCUT2D eigenvalue weighted by Gasteiger charge is 2.42. The van der Waals surface area contributed by atoms with E-state index in [2.05, 4.69) is 0 Å². The van der Waals surface area contributed by atoms with E-state index in [-0.39, 0.29) is 29.6 Å². The van der Waals surface area contributed by atoms with E-state index in [4.69, 9.17) is 18.9 Å². The van der Waals surface area contributed by atoms with Gasteiger partial charge in [-0.15, -0.1) is 0 Å². The summed E-state index contributed by atoms with van der Waals surface area (Å²) >= 11 is 0. The number of rotatable bonds is 5. The van der Waals surface area contributed by atoms with Gasteiger partial charge in [-0.2, -0.15) is 4.31 Å². The summed E-state index contributed by atoms with van der Waals surface area (Å²) in [6.45, 7) is 7.03. The lowest BCUT2D eigenvalue weighted by Crippen LogP contribution is -2.52. The summed E-state index contributed by atoms with van der Waals surface area (Å²) in [4.78, 5) is 27.4. The highest BCUT2D eigenvalue weighted by Crippen LogP contribution is 2.35. The summed E-state index contributed by atoms with van der Waals surface area (Å²) in [5, 5.41) is 0. The number of sulfonamides is 1. The molecule has 4 rings (SSSR count). The van der Waals surface area contributed by atoms with Crippen LogP contribution in [0.3, 0.4) is 0 Å². The van der Waals surface area contributed by atoms with Gasteiger partial charge in [0, 0.05) is 25.7 Å². The number of fused-ring (bicyclic) bond motifs is 1. The van der Waals surface area contributed by atoms with Gasteiger partial charge < -0.3 is 23.8 Å². The van der Waals surface area contributed by atoms with Crippen LogP contribution < -0.4 is 9.47 Å². The van der Waals surface area contributed by atoms with Crippen LogP contribution in [0.25, 0.3) is 0 Å². The van der Waals surface area contributed by atoms with Crippen LogP contribution in [0.5, 0.6) is 11.5 Å². The lowest BCUT2D eigenvalue weighted by molar-refractivity contribution is -0.166. The lowest BCUT2D eigenvalue weighted by Gasteiger charge is -2.36. The van der Waals surface area contributed by atoms with Gasteiger partial charge in [0.25, 0.3) is 5.91 Å². The molecule has 11 heteroatoms. The number of carbonyl (C=O) groups excluding carboxylic acids is 2. The van der Waals surface area contributed by atoms with Crippen LogP contribution in [0.15, 0.2) is 23.1 Å². The predicted molar refractivity (Wildman–Crippen MR) is 116 cm³/mol. The number of hydrogen-bond acceptors (Lipinski definition) is 8. The van der Waals surface area contributed by atoms with E-state index in [0.717, 1.165) is 4.31 Å². The van der Waals surface area contributed by atoms with E-state index in [1.165, 1.54) is 19.1 Å². The fraction of sp³-hybridized carbons (Fsp3) is 0.636. The quantitative estimate of drug-likeness (QED) is 0.575. The molecule has 3 heterocycles. The highest BCUT2D eigenvalue weighted by atomic mass is 32.2. The monoisotopic (exact) mass is 482 g/mol. The second kappa shape index (κ2) is 9.47. The van der Waals surface area contributed by atoms with Gasteiger partial charge in [0.15, 0.2) is 17.6 Å². The number of nitrogens with zero attached hydrogens (tertiary/aromatic N) is 2. The molecule has 2 saturated heterocycles. The Labute approximate surface area is 193 Å². The molecule has 182 valence electrons. The van der Waals surface area contributed by atoms with Crippen molar-refractivity contribution in [2.24, 2.45) is 0 Å². The van der Waals surface area contributed by atoms with Gasteiger partial charge in [-0.3, -0.25) is 9.59 Å². The Balaban J connectivity index is 1.45. The average Bonchev–Trinajstić information content (AvgIpc) is 3.28. The fourth-order valence-electron chi connectivity index (χ4n) is 4.50. The number of amides is 1. The zero-order valence-electron chi connectivity index (χ0n) is 19.1. The Morgan fingerprint density at radius 2 is 1.76 bits per heavy atom. The number of hydrogen-bond donors (Lipinski definition) is 0. The van der Waals surface area contributed by atoms with Crippen molar-refractivity contribution in [1.29, 1.82) is 0 Å². The summed E-state index contributed by atoms with van der Waals surface area (Å²) < 4.78 is 49.8. The molecular formula is C22H30N2O8S. The molecule has 33 heavy (non-hydrogen) atoms. The molecule has 0 saturated carbocycles. The first-order valence-electron chi connectivity index (χ1n) is 11.2. The molecule has 3 aliphatic heterocycles. The normalized spacial score (nSPS) is 26.6. The maximum Gasteiger partial charge on any atom is 0.325 e. The lowest BCUT2D eigenvalue weighted by atomic mass is 10.2. The smallest absolute Gasteiger partial charge is 0.325 e. The summed E-state index contributed by atoms with van der Waals surface area (Å²) in [7, 11) is -3.97.